The van der Waals surface area contributed by atoms with Gasteiger partial charge in [0.05, 0.1) is 5.56 Å². The van der Waals surface area contributed by atoms with Gasteiger partial charge in [0, 0.05) is 22.5 Å². The Morgan fingerprint density at radius 2 is 2.20 bits per heavy atom. The van der Waals surface area contributed by atoms with Crippen molar-refractivity contribution in [3.05, 3.63) is 56.7 Å². The molecule has 20 heavy (non-hydrogen) atoms. The molecule has 0 fully saturated rings. The molecule has 106 valence electrons. The topological polar surface area (TPSA) is 40.5 Å². The molecule has 0 aliphatic rings. The summed E-state index contributed by atoms with van der Waals surface area (Å²) in [4.78, 5) is 14.4. The van der Waals surface area contributed by atoms with Crippen LogP contribution in [0.2, 0.25) is 5.02 Å². The number of carbonyl (C=O) groups is 1. The van der Waals surface area contributed by atoms with Crippen molar-refractivity contribution in [2.24, 2.45) is 0 Å². The summed E-state index contributed by atoms with van der Waals surface area (Å²) < 4.78 is 0. The summed E-state index contributed by atoms with van der Waals surface area (Å²) in [6.07, 6.45) is 0. The molecule has 1 heterocycles. The lowest BCUT2D eigenvalue weighted by Crippen LogP contribution is -2.21. The third kappa shape index (κ3) is 3.39. The lowest BCUT2D eigenvalue weighted by Gasteiger charge is -2.24. The lowest BCUT2D eigenvalue weighted by atomic mass is 10.1. The van der Waals surface area contributed by atoms with Crippen LogP contribution in [0.25, 0.3) is 0 Å². The summed E-state index contributed by atoms with van der Waals surface area (Å²) in [7, 11) is 2.03. The number of halogens is 1. The van der Waals surface area contributed by atoms with E-state index < -0.39 is 5.97 Å². The van der Waals surface area contributed by atoms with Gasteiger partial charge in [0.15, 0.2) is 0 Å². The molecule has 0 amide bonds. The Hall–Kier alpha value is -1.36. The summed E-state index contributed by atoms with van der Waals surface area (Å²) in [6, 6.07) is 9.32. The molecule has 0 radical (unpaired) electrons. The fourth-order valence-corrected chi connectivity index (χ4v) is 3.05. The lowest BCUT2D eigenvalue weighted by molar-refractivity contribution is 0.0697. The van der Waals surface area contributed by atoms with Gasteiger partial charge in [-0.2, -0.15) is 0 Å². The average molecular weight is 310 g/mol. The van der Waals surface area contributed by atoms with Crippen molar-refractivity contribution in [2.45, 2.75) is 19.5 Å². The van der Waals surface area contributed by atoms with Crippen LogP contribution in [0.1, 0.15) is 33.8 Å². The van der Waals surface area contributed by atoms with E-state index in [1.54, 1.807) is 23.5 Å². The van der Waals surface area contributed by atoms with E-state index >= 15 is 0 Å². The number of thiophene rings is 1. The highest BCUT2D eigenvalue weighted by atomic mass is 35.5. The Morgan fingerprint density at radius 1 is 1.45 bits per heavy atom. The second-order valence-corrected chi connectivity index (χ2v) is 6.10. The highest BCUT2D eigenvalue weighted by Crippen LogP contribution is 2.27. The maximum absolute atomic E-state index is 10.9. The zero-order valence-electron chi connectivity index (χ0n) is 11.3. The van der Waals surface area contributed by atoms with E-state index in [9.17, 15) is 4.79 Å². The molecule has 0 saturated carbocycles. The van der Waals surface area contributed by atoms with Crippen molar-refractivity contribution >= 4 is 28.9 Å². The summed E-state index contributed by atoms with van der Waals surface area (Å²) in [6.45, 7) is 2.82. The van der Waals surface area contributed by atoms with Crippen molar-refractivity contribution in [2.75, 3.05) is 7.05 Å². The van der Waals surface area contributed by atoms with Crippen LogP contribution in [0, 0.1) is 0 Å². The van der Waals surface area contributed by atoms with Gasteiger partial charge in [-0.1, -0.05) is 23.7 Å². The van der Waals surface area contributed by atoms with Crippen LogP contribution in [0.5, 0.6) is 0 Å². The van der Waals surface area contributed by atoms with Gasteiger partial charge in [0.25, 0.3) is 0 Å². The highest BCUT2D eigenvalue weighted by molar-refractivity contribution is 7.10. The molecule has 2 rings (SSSR count). The molecular formula is C15H16ClNO2S. The third-order valence-electron chi connectivity index (χ3n) is 3.34. The number of aromatic carboxylic acids is 1. The summed E-state index contributed by atoms with van der Waals surface area (Å²) in [5.74, 6) is -0.959. The highest BCUT2D eigenvalue weighted by Gasteiger charge is 2.15. The fraction of sp³-hybridized carbons (Fsp3) is 0.267. The minimum absolute atomic E-state index is 0.215. The number of carboxylic acids is 1. The van der Waals surface area contributed by atoms with Crippen molar-refractivity contribution in [1.29, 1.82) is 0 Å². The first-order chi connectivity index (χ1) is 9.49. The first kappa shape index (κ1) is 15.0. The molecule has 0 bridgehead atoms. The molecular weight excluding hydrogens is 294 g/mol. The van der Waals surface area contributed by atoms with Crippen LogP contribution in [-0.4, -0.2) is 23.0 Å². The Kier molecular flexibility index (Phi) is 4.81. The second-order valence-electron chi connectivity index (χ2n) is 4.72. The van der Waals surface area contributed by atoms with Gasteiger partial charge >= 0.3 is 5.97 Å². The van der Waals surface area contributed by atoms with Crippen LogP contribution < -0.4 is 0 Å². The Balaban J connectivity index is 2.11. The van der Waals surface area contributed by atoms with Gasteiger partial charge in [-0.3, -0.25) is 4.90 Å². The fourth-order valence-electron chi connectivity index (χ4n) is 1.96. The van der Waals surface area contributed by atoms with Gasteiger partial charge in [-0.15, -0.1) is 11.3 Å². The first-order valence-corrected chi connectivity index (χ1v) is 7.50. The zero-order valence-corrected chi connectivity index (χ0v) is 12.9. The van der Waals surface area contributed by atoms with Gasteiger partial charge in [-0.05, 0) is 43.1 Å². The standard InChI is InChI=1S/C15H16ClNO2S/c1-10(14-4-3-7-20-14)17(2)9-12-6-5-11(15(18)19)8-13(12)16/h3-8,10H,9H2,1-2H3,(H,18,19). The Labute approximate surface area is 127 Å². The minimum Gasteiger partial charge on any atom is -0.478 e. The first-order valence-electron chi connectivity index (χ1n) is 6.24. The molecule has 5 heteroatoms. The number of benzene rings is 1. The van der Waals surface area contributed by atoms with Crippen LogP contribution in [0.4, 0.5) is 0 Å². The molecule has 1 aromatic heterocycles. The monoisotopic (exact) mass is 309 g/mol. The van der Waals surface area contributed by atoms with E-state index in [4.69, 9.17) is 16.7 Å². The van der Waals surface area contributed by atoms with E-state index in [0.717, 1.165) is 5.56 Å². The van der Waals surface area contributed by atoms with Gasteiger partial charge in [0.1, 0.15) is 0 Å². The largest absolute Gasteiger partial charge is 0.478 e. The summed E-state index contributed by atoms with van der Waals surface area (Å²) in [5, 5.41) is 11.5. The van der Waals surface area contributed by atoms with Gasteiger partial charge in [0.2, 0.25) is 0 Å². The smallest absolute Gasteiger partial charge is 0.335 e. The predicted molar refractivity (Wildman–Crippen MR) is 82.6 cm³/mol. The molecule has 1 aromatic carbocycles. The van der Waals surface area contributed by atoms with Gasteiger partial charge < -0.3 is 5.11 Å². The molecule has 2 aromatic rings. The van der Waals surface area contributed by atoms with E-state index in [0.29, 0.717) is 17.6 Å². The maximum atomic E-state index is 10.9. The number of carboxylic acid groups (broad SMARTS) is 1. The second kappa shape index (κ2) is 6.39. The number of hydrogen-bond donors (Lipinski definition) is 1. The quantitative estimate of drug-likeness (QED) is 0.895. The number of hydrogen-bond acceptors (Lipinski definition) is 3. The van der Waals surface area contributed by atoms with E-state index in [2.05, 4.69) is 23.3 Å². The maximum Gasteiger partial charge on any atom is 0.335 e. The molecule has 3 nitrogen and oxygen atoms in total. The summed E-state index contributed by atoms with van der Waals surface area (Å²) in [5.41, 5.74) is 1.15. The van der Waals surface area contributed by atoms with Crippen LogP contribution in [0.15, 0.2) is 35.7 Å². The van der Waals surface area contributed by atoms with Crippen LogP contribution in [-0.2, 0) is 6.54 Å². The zero-order chi connectivity index (χ0) is 14.7. The Morgan fingerprint density at radius 3 is 2.75 bits per heavy atom. The SMILES string of the molecule is CC(c1cccs1)N(C)Cc1ccc(C(=O)O)cc1Cl. The van der Waals surface area contributed by atoms with E-state index in [-0.39, 0.29) is 5.56 Å². The Bertz CT molecular complexity index is 598. The number of nitrogens with zero attached hydrogens (tertiary/aromatic N) is 1. The molecule has 0 aliphatic carbocycles. The normalized spacial score (nSPS) is 12.6. The third-order valence-corrected chi connectivity index (χ3v) is 4.73. The average Bonchev–Trinajstić information content (AvgIpc) is 2.93. The molecule has 1 N–H and O–H groups in total. The van der Waals surface area contributed by atoms with Gasteiger partial charge in [-0.25, -0.2) is 4.79 Å². The van der Waals surface area contributed by atoms with E-state index in [1.807, 2.05) is 13.1 Å². The van der Waals surface area contributed by atoms with Crippen LogP contribution in [0.3, 0.4) is 0 Å². The van der Waals surface area contributed by atoms with Crippen LogP contribution >= 0.6 is 22.9 Å². The van der Waals surface area contributed by atoms with Crippen molar-refractivity contribution in [3.8, 4) is 0 Å². The van der Waals surface area contributed by atoms with Crippen molar-refractivity contribution in [3.63, 3.8) is 0 Å². The molecule has 0 saturated heterocycles. The molecule has 1 unspecified atom stereocenters. The predicted octanol–water partition coefficient (Wildman–Crippen LogP) is 4.29. The van der Waals surface area contributed by atoms with E-state index in [1.165, 1.54) is 10.9 Å². The molecule has 1 atom stereocenters. The van der Waals surface area contributed by atoms with Crippen molar-refractivity contribution in [1.82, 2.24) is 4.90 Å². The summed E-state index contributed by atoms with van der Waals surface area (Å²) >= 11 is 7.89. The van der Waals surface area contributed by atoms with Crippen molar-refractivity contribution < 1.29 is 9.90 Å². The number of rotatable bonds is 5. The minimum atomic E-state index is -0.959. The molecule has 0 spiro atoms. The molecule has 0 aliphatic heterocycles.